The fraction of sp³-hybridized carbons (Fsp3) is 0.0833. The van der Waals surface area contributed by atoms with Crippen LogP contribution in [0.5, 0.6) is 0 Å². The van der Waals surface area contributed by atoms with E-state index in [1.807, 2.05) is 37.3 Å². The Bertz CT molecular complexity index is 1120. The number of benzene rings is 3. The summed E-state index contributed by atoms with van der Waals surface area (Å²) in [5.41, 5.74) is 5.56. The van der Waals surface area contributed by atoms with Gasteiger partial charge in [-0.3, -0.25) is 0 Å². The smallest absolute Gasteiger partial charge is 0.211 e. The van der Waals surface area contributed by atoms with Crippen molar-refractivity contribution in [2.75, 3.05) is 0 Å². The molecule has 1 aromatic heterocycles. The van der Waals surface area contributed by atoms with Crippen LogP contribution < -0.4 is 4.80 Å². The molecule has 138 valence electrons. The van der Waals surface area contributed by atoms with Gasteiger partial charge >= 0.3 is 0 Å². The lowest BCUT2D eigenvalue weighted by atomic mass is 10.1. The van der Waals surface area contributed by atoms with E-state index >= 15 is 0 Å². The van der Waals surface area contributed by atoms with E-state index in [2.05, 4.69) is 80.8 Å². The fourth-order valence-corrected chi connectivity index (χ4v) is 3.88. The van der Waals surface area contributed by atoms with Crippen molar-refractivity contribution in [1.82, 2.24) is 4.57 Å². The molecular formula is C24H21N3S. The molecule has 0 fully saturated rings. The number of thiazole rings is 1. The normalized spacial score (nSPS) is 12.3. The van der Waals surface area contributed by atoms with E-state index in [1.54, 1.807) is 11.3 Å². The Morgan fingerprint density at radius 3 is 2.11 bits per heavy atom. The van der Waals surface area contributed by atoms with E-state index in [0.29, 0.717) is 0 Å². The van der Waals surface area contributed by atoms with Gasteiger partial charge in [0, 0.05) is 5.38 Å². The van der Waals surface area contributed by atoms with Crippen molar-refractivity contribution < 1.29 is 0 Å². The number of hydrogen-bond donors (Lipinski definition) is 0. The van der Waals surface area contributed by atoms with Gasteiger partial charge in [0.2, 0.25) is 4.80 Å². The molecular weight excluding hydrogens is 362 g/mol. The molecule has 0 N–H and O–H groups in total. The maximum Gasteiger partial charge on any atom is 0.211 e. The van der Waals surface area contributed by atoms with Gasteiger partial charge in [-0.25, -0.2) is 0 Å². The van der Waals surface area contributed by atoms with Crippen molar-refractivity contribution in [3.8, 4) is 11.3 Å². The molecule has 0 radical (unpaired) electrons. The van der Waals surface area contributed by atoms with Crippen molar-refractivity contribution in [2.45, 2.75) is 13.5 Å². The first-order valence-electron chi connectivity index (χ1n) is 9.22. The number of hydrogen-bond acceptors (Lipinski definition) is 3. The van der Waals surface area contributed by atoms with Crippen LogP contribution in [-0.4, -0.2) is 10.3 Å². The molecule has 0 atom stereocenters. The van der Waals surface area contributed by atoms with E-state index in [0.717, 1.165) is 28.3 Å². The predicted octanol–water partition coefficient (Wildman–Crippen LogP) is 5.59. The Morgan fingerprint density at radius 1 is 0.821 bits per heavy atom. The second-order valence-corrected chi connectivity index (χ2v) is 7.33. The minimum atomic E-state index is 0.757. The third-order valence-electron chi connectivity index (χ3n) is 4.53. The highest BCUT2D eigenvalue weighted by Gasteiger charge is 2.08. The number of nitrogens with zero attached hydrogens (tertiary/aromatic N) is 3. The molecule has 0 bridgehead atoms. The van der Waals surface area contributed by atoms with Crippen LogP contribution in [0.2, 0.25) is 0 Å². The van der Waals surface area contributed by atoms with Crippen molar-refractivity contribution in [3.63, 3.8) is 0 Å². The largest absolute Gasteiger partial charge is 0.311 e. The zero-order valence-electron chi connectivity index (χ0n) is 15.7. The Balaban J connectivity index is 1.78. The topological polar surface area (TPSA) is 29.6 Å². The van der Waals surface area contributed by atoms with Gasteiger partial charge in [-0.15, -0.1) is 16.4 Å². The molecule has 0 saturated heterocycles. The van der Waals surface area contributed by atoms with Crippen LogP contribution in [0.15, 0.2) is 107 Å². The van der Waals surface area contributed by atoms with Gasteiger partial charge in [-0.05, 0) is 23.6 Å². The molecule has 0 unspecified atom stereocenters. The van der Waals surface area contributed by atoms with E-state index in [-0.39, 0.29) is 0 Å². The molecule has 0 amide bonds. The highest BCUT2D eigenvalue weighted by Crippen LogP contribution is 2.20. The van der Waals surface area contributed by atoms with Crippen LogP contribution in [0.1, 0.15) is 18.1 Å². The van der Waals surface area contributed by atoms with Crippen LogP contribution >= 0.6 is 11.3 Å². The first-order valence-corrected chi connectivity index (χ1v) is 10.1. The monoisotopic (exact) mass is 383 g/mol. The van der Waals surface area contributed by atoms with E-state index in [1.165, 1.54) is 11.1 Å². The van der Waals surface area contributed by atoms with Crippen molar-refractivity contribution in [2.24, 2.45) is 10.2 Å². The zero-order chi connectivity index (χ0) is 19.2. The van der Waals surface area contributed by atoms with Gasteiger partial charge in [-0.1, -0.05) is 91.0 Å². The number of rotatable bonds is 5. The molecule has 0 saturated carbocycles. The lowest BCUT2D eigenvalue weighted by molar-refractivity contribution is 0.768. The standard InChI is InChI=1S/C24H21N3S/c1-19(21-13-7-3-8-14-21)25-26-24-27(17-20-11-5-2-6-12-20)23(18-28-24)22-15-9-4-10-16-22/h2-16,18H,17H2,1H3/b25-19-,26-24-. The quantitative estimate of drug-likeness (QED) is 0.318. The molecule has 3 nitrogen and oxygen atoms in total. The van der Waals surface area contributed by atoms with Gasteiger partial charge in [0.1, 0.15) is 0 Å². The molecule has 0 spiro atoms. The summed E-state index contributed by atoms with van der Waals surface area (Å²) < 4.78 is 2.23. The zero-order valence-corrected chi connectivity index (χ0v) is 16.5. The summed E-state index contributed by atoms with van der Waals surface area (Å²) in [4.78, 5) is 0.887. The SMILES string of the molecule is C/C(=N/N=c1\scc(-c2ccccc2)n1Cc1ccccc1)c1ccccc1. The molecule has 3 aromatic carbocycles. The number of aromatic nitrogens is 1. The third kappa shape index (κ3) is 4.18. The third-order valence-corrected chi connectivity index (χ3v) is 5.38. The molecule has 4 aromatic rings. The molecule has 0 aliphatic rings. The van der Waals surface area contributed by atoms with Gasteiger partial charge in [0.05, 0.1) is 18.0 Å². The second-order valence-electron chi connectivity index (χ2n) is 6.49. The van der Waals surface area contributed by atoms with Crippen LogP contribution in [0.3, 0.4) is 0 Å². The Hall–Kier alpha value is -3.24. The summed E-state index contributed by atoms with van der Waals surface area (Å²) in [6.07, 6.45) is 0. The predicted molar refractivity (Wildman–Crippen MR) is 118 cm³/mol. The summed E-state index contributed by atoms with van der Waals surface area (Å²) in [7, 11) is 0. The minimum absolute atomic E-state index is 0.757. The summed E-state index contributed by atoms with van der Waals surface area (Å²) >= 11 is 1.62. The van der Waals surface area contributed by atoms with E-state index in [9.17, 15) is 0 Å². The molecule has 28 heavy (non-hydrogen) atoms. The highest BCUT2D eigenvalue weighted by molar-refractivity contribution is 7.07. The fourth-order valence-electron chi connectivity index (χ4n) is 3.02. The summed E-state index contributed by atoms with van der Waals surface area (Å²) in [6.45, 7) is 2.75. The average molecular weight is 384 g/mol. The molecule has 0 aliphatic heterocycles. The van der Waals surface area contributed by atoms with Crippen LogP contribution in [0, 0.1) is 0 Å². The second kappa shape index (κ2) is 8.63. The van der Waals surface area contributed by atoms with Crippen molar-refractivity contribution in [3.05, 3.63) is 112 Å². The Morgan fingerprint density at radius 2 is 1.43 bits per heavy atom. The van der Waals surface area contributed by atoms with Gasteiger partial charge in [0.25, 0.3) is 0 Å². The van der Waals surface area contributed by atoms with Gasteiger partial charge in [-0.2, -0.15) is 5.10 Å². The lowest BCUT2D eigenvalue weighted by Gasteiger charge is -2.09. The summed E-state index contributed by atoms with van der Waals surface area (Å²) in [6, 6.07) is 31.0. The van der Waals surface area contributed by atoms with E-state index in [4.69, 9.17) is 0 Å². The maximum atomic E-state index is 4.59. The molecule has 0 aliphatic carbocycles. The first kappa shape index (κ1) is 18.1. The highest BCUT2D eigenvalue weighted by atomic mass is 32.1. The average Bonchev–Trinajstić information content (AvgIpc) is 3.16. The molecule has 4 heteroatoms. The lowest BCUT2D eigenvalue weighted by Crippen LogP contribution is -2.16. The van der Waals surface area contributed by atoms with Gasteiger partial charge in [0.15, 0.2) is 0 Å². The molecule has 1 heterocycles. The molecule has 4 rings (SSSR count). The van der Waals surface area contributed by atoms with Crippen molar-refractivity contribution >= 4 is 17.0 Å². The van der Waals surface area contributed by atoms with Crippen LogP contribution in [-0.2, 0) is 6.54 Å². The summed E-state index contributed by atoms with van der Waals surface area (Å²) in [5.74, 6) is 0. The first-order chi connectivity index (χ1) is 13.8. The van der Waals surface area contributed by atoms with Crippen LogP contribution in [0.4, 0.5) is 0 Å². The van der Waals surface area contributed by atoms with E-state index < -0.39 is 0 Å². The summed E-state index contributed by atoms with van der Waals surface area (Å²) in [5, 5.41) is 11.3. The Labute approximate surface area is 169 Å². The minimum Gasteiger partial charge on any atom is -0.311 e. The Kier molecular flexibility index (Phi) is 5.59. The maximum absolute atomic E-state index is 4.59. The van der Waals surface area contributed by atoms with Gasteiger partial charge < -0.3 is 4.57 Å². The van der Waals surface area contributed by atoms with Crippen LogP contribution in [0.25, 0.3) is 11.3 Å². The van der Waals surface area contributed by atoms with Crippen molar-refractivity contribution in [1.29, 1.82) is 0 Å².